The monoisotopic (exact) mass is 476 g/mol. The summed E-state index contributed by atoms with van der Waals surface area (Å²) in [6.07, 6.45) is 1.67. The molecular formula is C23H23Cl2FN4O2. The highest BCUT2D eigenvalue weighted by Gasteiger charge is 2.44. The molecule has 1 amide bonds. The molecule has 1 atom stereocenters. The largest absolute Gasteiger partial charge is 0.394 e. The number of rotatable bonds is 6. The van der Waals surface area contributed by atoms with E-state index in [1.807, 2.05) is 25.1 Å². The first kappa shape index (κ1) is 22.6. The Labute approximate surface area is 195 Å². The number of hydrogen-bond donors (Lipinski definition) is 2. The van der Waals surface area contributed by atoms with Gasteiger partial charge in [-0.3, -0.25) is 9.48 Å². The molecule has 1 fully saturated rings. The van der Waals surface area contributed by atoms with E-state index >= 15 is 4.39 Å². The standard InChI is InChI=1S/C23H23Cl2FN4O2/c1-3-20(32)29-9-8-23(13-29,21-18(26)7-6-17(24)22(21)25)27-15-4-5-16-14(2)28-30(10-11-31)19(16)12-15/h3-7,12,27,31H,1,8-11,13H2,2H3/t23-/m1/s1. The van der Waals surface area contributed by atoms with Crippen molar-refractivity contribution >= 4 is 45.7 Å². The molecule has 32 heavy (non-hydrogen) atoms. The van der Waals surface area contributed by atoms with Crippen LogP contribution in [0.4, 0.5) is 10.1 Å². The number of carbonyl (C=O) groups excluding carboxylic acids is 1. The Morgan fingerprint density at radius 2 is 2.16 bits per heavy atom. The second kappa shape index (κ2) is 8.73. The molecule has 0 bridgehead atoms. The van der Waals surface area contributed by atoms with Crippen molar-refractivity contribution in [1.29, 1.82) is 0 Å². The maximum absolute atomic E-state index is 15.1. The second-order valence-corrected chi connectivity index (χ2v) is 8.69. The second-order valence-electron chi connectivity index (χ2n) is 7.90. The summed E-state index contributed by atoms with van der Waals surface area (Å²) in [5.74, 6) is -0.735. The Kier molecular flexibility index (Phi) is 6.16. The van der Waals surface area contributed by atoms with Gasteiger partial charge in [0.1, 0.15) is 5.82 Å². The summed E-state index contributed by atoms with van der Waals surface area (Å²) >= 11 is 12.7. The lowest BCUT2D eigenvalue weighted by molar-refractivity contribution is -0.125. The van der Waals surface area contributed by atoms with Crippen LogP contribution in [0.25, 0.3) is 10.9 Å². The van der Waals surface area contributed by atoms with E-state index in [1.54, 1.807) is 9.58 Å². The van der Waals surface area contributed by atoms with Gasteiger partial charge in [-0.05, 0) is 49.8 Å². The first-order valence-electron chi connectivity index (χ1n) is 10.2. The molecule has 0 saturated carbocycles. The van der Waals surface area contributed by atoms with E-state index in [1.165, 1.54) is 18.2 Å². The van der Waals surface area contributed by atoms with Crippen LogP contribution in [0.1, 0.15) is 17.7 Å². The third kappa shape index (κ3) is 3.85. The number of anilines is 1. The maximum atomic E-state index is 15.1. The van der Waals surface area contributed by atoms with Gasteiger partial charge in [0, 0.05) is 29.7 Å². The molecule has 2 N–H and O–H groups in total. The van der Waals surface area contributed by atoms with Gasteiger partial charge in [-0.25, -0.2) is 4.39 Å². The summed E-state index contributed by atoms with van der Waals surface area (Å²) in [6, 6.07) is 8.42. The molecule has 6 nitrogen and oxygen atoms in total. The van der Waals surface area contributed by atoms with Crippen LogP contribution in [0.2, 0.25) is 10.0 Å². The van der Waals surface area contributed by atoms with Crippen LogP contribution >= 0.6 is 23.2 Å². The van der Waals surface area contributed by atoms with Gasteiger partial charge >= 0.3 is 0 Å². The fraction of sp³-hybridized carbons (Fsp3) is 0.304. The SMILES string of the molecule is C=CC(=O)N1CC[C@](Nc2ccc3c(C)nn(CCO)c3c2)(c2c(F)ccc(Cl)c2Cl)C1. The van der Waals surface area contributed by atoms with Crippen molar-refractivity contribution in [3.8, 4) is 0 Å². The summed E-state index contributed by atoms with van der Waals surface area (Å²) in [4.78, 5) is 13.9. The van der Waals surface area contributed by atoms with Gasteiger partial charge in [0.15, 0.2) is 0 Å². The molecule has 9 heteroatoms. The molecule has 168 valence electrons. The van der Waals surface area contributed by atoms with Gasteiger partial charge in [-0.15, -0.1) is 0 Å². The average Bonchev–Trinajstić information content (AvgIpc) is 3.33. The number of likely N-dealkylation sites (tertiary alicyclic amines) is 1. The van der Waals surface area contributed by atoms with Gasteiger partial charge in [-0.1, -0.05) is 29.8 Å². The average molecular weight is 477 g/mol. The number of aromatic nitrogens is 2. The lowest BCUT2D eigenvalue weighted by Gasteiger charge is -2.33. The Balaban J connectivity index is 1.82. The number of fused-ring (bicyclic) bond motifs is 1. The smallest absolute Gasteiger partial charge is 0.246 e. The lowest BCUT2D eigenvalue weighted by atomic mass is 9.87. The van der Waals surface area contributed by atoms with Crippen molar-refractivity contribution in [2.24, 2.45) is 0 Å². The molecule has 1 aliphatic heterocycles. The summed E-state index contributed by atoms with van der Waals surface area (Å²) in [6.45, 7) is 6.38. The number of aliphatic hydroxyl groups excluding tert-OH is 1. The Hall–Kier alpha value is -2.61. The van der Waals surface area contributed by atoms with Gasteiger partial charge < -0.3 is 15.3 Å². The molecule has 1 aromatic heterocycles. The lowest BCUT2D eigenvalue weighted by Crippen LogP contribution is -2.41. The zero-order chi connectivity index (χ0) is 23.0. The van der Waals surface area contributed by atoms with E-state index in [0.29, 0.717) is 25.2 Å². The molecule has 1 saturated heterocycles. The topological polar surface area (TPSA) is 70.4 Å². The minimum absolute atomic E-state index is 0.0419. The number of aryl methyl sites for hydroxylation is 1. The van der Waals surface area contributed by atoms with Gasteiger partial charge in [0.2, 0.25) is 5.91 Å². The molecule has 0 radical (unpaired) electrons. The van der Waals surface area contributed by atoms with Gasteiger partial charge in [0.25, 0.3) is 0 Å². The van der Waals surface area contributed by atoms with Gasteiger partial charge in [0.05, 0.1) is 39.9 Å². The molecule has 0 aliphatic carbocycles. The number of hydrogen-bond acceptors (Lipinski definition) is 4. The number of nitrogens with one attached hydrogen (secondary N) is 1. The fourth-order valence-corrected chi connectivity index (χ4v) is 4.91. The number of amides is 1. The summed E-state index contributed by atoms with van der Waals surface area (Å²) < 4.78 is 16.8. The first-order valence-corrected chi connectivity index (χ1v) is 11.0. The van der Waals surface area contributed by atoms with Crippen molar-refractivity contribution in [3.63, 3.8) is 0 Å². The highest BCUT2D eigenvalue weighted by Crippen LogP contribution is 2.43. The summed E-state index contributed by atoms with van der Waals surface area (Å²) in [7, 11) is 0. The van der Waals surface area contributed by atoms with Crippen LogP contribution in [0.5, 0.6) is 0 Å². The Morgan fingerprint density at radius 3 is 2.88 bits per heavy atom. The zero-order valence-electron chi connectivity index (χ0n) is 17.5. The van der Waals surface area contributed by atoms with Crippen LogP contribution < -0.4 is 5.32 Å². The van der Waals surface area contributed by atoms with Crippen molar-refractivity contribution in [3.05, 3.63) is 70.1 Å². The molecule has 3 aromatic rings. The van der Waals surface area contributed by atoms with Crippen molar-refractivity contribution in [2.45, 2.75) is 25.4 Å². The van der Waals surface area contributed by atoms with E-state index in [0.717, 1.165) is 16.6 Å². The predicted molar refractivity (Wildman–Crippen MR) is 125 cm³/mol. The predicted octanol–water partition coefficient (Wildman–Crippen LogP) is 4.51. The van der Waals surface area contributed by atoms with Crippen LogP contribution in [0.15, 0.2) is 43.0 Å². The van der Waals surface area contributed by atoms with Crippen molar-refractivity contribution in [1.82, 2.24) is 14.7 Å². The van der Waals surface area contributed by atoms with Crippen LogP contribution in [0, 0.1) is 12.7 Å². The molecule has 2 aromatic carbocycles. The van der Waals surface area contributed by atoms with E-state index < -0.39 is 11.4 Å². The van der Waals surface area contributed by atoms with E-state index in [4.69, 9.17) is 23.2 Å². The Morgan fingerprint density at radius 1 is 1.38 bits per heavy atom. The summed E-state index contributed by atoms with van der Waals surface area (Å²) in [5.41, 5.74) is 1.63. The van der Waals surface area contributed by atoms with E-state index in [9.17, 15) is 9.90 Å². The molecule has 0 unspecified atom stereocenters. The zero-order valence-corrected chi connectivity index (χ0v) is 19.0. The summed E-state index contributed by atoms with van der Waals surface area (Å²) in [5, 5.41) is 18.6. The molecule has 2 heterocycles. The molecule has 4 rings (SSSR count). The number of benzene rings is 2. The normalized spacial score (nSPS) is 18.3. The number of aliphatic hydroxyl groups is 1. The number of halogens is 3. The highest BCUT2D eigenvalue weighted by molar-refractivity contribution is 6.42. The van der Waals surface area contributed by atoms with Crippen LogP contribution in [0.3, 0.4) is 0 Å². The minimum Gasteiger partial charge on any atom is -0.394 e. The first-order chi connectivity index (χ1) is 15.3. The van der Waals surface area contributed by atoms with E-state index in [-0.39, 0.29) is 34.7 Å². The fourth-order valence-electron chi connectivity index (χ4n) is 4.42. The number of carbonyl (C=O) groups is 1. The highest BCUT2D eigenvalue weighted by atomic mass is 35.5. The van der Waals surface area contributed by atoms with Crippen molar-refractivity contribution < 1.29 is 14.3 Å². The Bertz CT molecular complexity index is 1210. The molecule has 0 spiro atoms. The van der Waals surface area contributed by atoms with Crippen LogP contribution in [-0.2, 0) is 16.9 Å². The third-order valence-electron chi connectivity index (χ3n) is 5.91. The third-order valence-corrected chi connectivity index (χ3v) is 6.71. The van der Waals surface area contributed by atoms with Gasteiger partial charge in [-0.2, -0.15) is 5.10 Å². The van der Waals surface area contributed by atoms with Crippen molar-refractivity contribution in [2.75, 3.05) is 25.0 Å². The van der Waals surface area contributed by atoms with Crippen LogP contribution in [-0.4, -0.2) is 45.4 Å². The van der Waals surface area contributed by atoms with E-state index in [2.05, 4.69) is 17.0 Å². The maximum Gasteiger partial charge on any atom is 0.246 e. The molecule has 1 aliphatic rings. The molecular weight excluding hydrogens is 454 g/mol. The minimum atomic E-state index is -0.991. The number of nitrogens with zero attached hydrogens (tertiary/aromatic N) is 3. The quantitative estimate of drug-likeness (QED) is 0.405.